The van der Waals surface area contributed by atoms with Gasteiger partial charge in [0, 0.05) is 81.9 Å². The molecular weight excluding hydrogens is 1570 g/mol. The van der Waals surface area contributed by atoms with E-state index in [1.54, 1.807) is 12.1 Å². The smallest absolute Gasteiger partial charge is 0.169 e. The number of para-hydroxylation sites is 3. The maximum absolute atomic E-state index is 11.3. The van der Waals surface area contributed by atoms with E-state index < -0.39 is 0 Å². The van der Waals surface area contributed by atoms with Crippen molar-refractivity contribution in [2.24, 2.45) is 0 Å². The summed E-state index contributed by atoms with van der Waals surface area (Å²) in [6.45, 7) is 19.7. The van der Waals surface area contributed by atoms with E-state index in [1.807, 2.05) is 125 Å². The van der Waals surface area contributed by atoms with Crippen molar-refractivity contribution in [3.8, 4) is 95.7 Å². The van der Waals surface area contributed by atoms with E-state index in [2.05, 4.69) is 219 Å². The molecule has 0 bridgehead atoms. The van der Waals surface area contributed by atoms with E-state index in [0.29, 0.717) is 17.1 Å². The number of phenols is 2. The van der Waals surface area contributed by atoms with Crippen molar-refractivity contribution in [1.29, 1.82) is 0 Å². The Morgan fingerprint density at radius 2 is 1.03 bits per heavy atom. The van der Waals surface area contributed by atoms with Crippen LogP contribution in [0.3, 0.4) is 0 Å². The molecule has 0 saturated carbocycles. The first-order valence-corrected chi connectivity index (χ1v) is 32.6. The molecule has 98 heavy (non-hydrogen) atoms. The summed E-state index contributed by atoms with van der Waals surface area (Å²) >= 11 is 0. The van der Waals surface area contributed by atoms with Gasteiger partial charge in [-0.25, -0.2) is 9.67 Å². The Morgan fingerprint density at radius 3 is 1.70 bits per heavy atom. The minimum Gasteiger partial charge on any atom is -0.656 e. The number of fused-ring (bicyclic) bond motifs is 3. The van der Waals surface area contributed by atoms with Crippen molar-refractivity contribution in [3.63, 3.8) is 0 Å². The minimum atomic E-state index is -0.151. The molecule has 0 aliphatic carbocycles. The van der Waals surface area contributed by atoms with Crippen LogP contribution in [0.4, 0.5) is 17.3 Å². The topological polar surface area (TPSA) is 119 Å². The van der Waals surface area contributed by atoms with Gasteiger partial charge in [0.25, 0.3) is 0 Å². The van der Waals surface area contributed by atoms with Crippen molar-refractivity contribution in [3.05, 3.63) is 296 Å². The van der Waals surface area contributed by atoms with Crippen LogP contribution >= 0.6 is 0 Å². The zero-order valence-corrected chi connectivity index (χ0v) is 60.6. The molecule has 2 N–H and O–H groups in total. The minimum absolute atomic E-state index is 0. The van der Waals surface area contributed by atoms with Crippen LogP contribution in [0.1, 0.15) is 79.0 Å². The predicted molar refractivity (Wildman–Crippen MR) is 394 cm³/mol. The van der Waals surface area contributed by atoms with Crippen LogP contribution in [-0.4, -0.2) is 39.6 Å². The molecular formula is C86H74N8O2Pt2-2. The second-order valence-corrected chi connectivity index (χ2v) is 27.6. The summed E-state index contributed by atoms with van der Waals surface area (Å²) in [5, 5.41) is 35.0. The number of anilines is 3. The quantitative estimate of drug-likeness (QED) is 0.123. The van der Waals surface area contributed by atoms with Crippen LogP contribution < -0.4 is 9.88 Å². The number of rotatable bonds is 11. The number of pyridine rings is 3. The maximum Gasteiger partial charge on any atom is 0.169 e. The Labute approximate surface area is 601 Å². The largest absolute Gasteiger partial charge is 0.656 e. The van der Waals surface area contributed by atoms with E-state index in [-0.39, 0.29) is 69.9 Å². The number of aromatic nitrogens is 7. The fourth-order valence-electron chi connectivity index (χ4n) is 12.4. The normalized spacial score (nSPS) is 11.6. The Kier molecular flexibility index (Phi) is 19.1. The summed E-state index contributed by atoms with van der Waals surface area (Å²) in [5.74, 6) is 1.82. The van der Waals surface area contributed by atoms with Crippen molar-refractivity contribution < 1.29 is 52.3 Å². The average Bonchev–Trinajstić information content (AvgIpc) is 1.58. The number of nitrogens with zero attached hydrogens (tertiary/aromatic N) is 8. The maximum atomic E-state index is 11.3. The Hall–Kier alpha value is -10.2. The van der Waals surface area contributed by atoms with E-state index >= 15 is 0 Å². The van der Waals surface area contributed by atoms with Gasteiger partial charge in [-0.3, -0.25) is 14.4 Å². The number of hydrogen-bond donors (Lipinski definition) is 2. The molecule has 0 unspecified atom stereocenters. The third-order valence-corrected chi connectivity index (χ3v) is 17.7. The average molecular weight is 1640 g/mol. The summed E-state index contributed by atoms with van der Waals surface area (Å²) in [4.78, 5) is 17.2. The van der Waals surface area contributed by atoms with Crippen LogP contribution in [0.15, 0.2) is 273 Å². The third kappa shape index (κ3) is 13.7. The molecule has 0 aliphatic rings. The molecule has 15 rings (SSSR count). The van der Waals surface area contributed by atoms with Gasteiger partial charge in [-0.2, -0.15) is 5.10 Å². The van der Waals surface area contributed by atoms with Gasteiger partial charge < -0.3 is 15.2 Å². The van der Waals surface area contributed by atoms with Crippen LogP contribution in [0, 0.1) is 6.07 Å². The van der Waals surface area contributed by atoms with Crippen molar-refractivity contribution in [2.75, 3.05) is 4.90 Å². The van der Waals surface area contributed by atoms with Gasteiger partial charge in [0.05, 0.1) is 16.7 Å². The SMILES string of the molecule is CC(C)(C)c1cc(-c2cc3ccccc3[n-]2)nc(N(c2ccccc2)c2nn(-c3cc(C(C)(C)C)ccc3O)c3ccccc23)c1.CC(C)(C)c1ccc(O)c(-c2nn3c(-c4[c-]c(-c5cc(-c6ccccc6)ccn5)cc(-c5ccccc5)c4)cccc3c2-c2ccccc2)c1.[Pt].[Pt]. The van der Waals surface area contributed by atoms with Crippen molar-refractivity contribution in [1.82, 2.24) is 34.3 Å². The molecule has 9 aromatic carbocycles. The summed E-state index contributed by atoms with van der Waals surface area (Å²) < 4.78 is 3.85. The number of benzene rings is 9. The molecule has 0 spiro atoms. The Balaban J connectivity index is 0.000000183. The van der Waals surface area contributed by atoms with Gasteiger partial charge in [0.1, 0.15) is 28.7 Å². The van der Waals surface area contributed by atoms with Gasteiger partial charge in [-0.1, -0.05) is 261 Å². The molecule has 6 heterocycles. The van der Waals surface area contributed by atoms with Gasteiger partial charge in [0.2, 0.25) is 0 Å². The summed E-state index contributed by atoms with van der Waals surface area (Å²) in [6.07, 6.45) is 1.87. The summed E-state index contributed by atoms with van der Waals surface area (Å²) in [7, 11) is 0. The summed E-state index contributed by atoms with van der Waals surface area (Å²) in [5.41, 5.74) is 20.3. The first kappa shape index (κ1) is 67.7. The molecule has 6 aromatic heterocycles. The van der Waals surface area contributed by atoms with Crippen LogP contribution in [0.2, 0.25) is 0 Å². The zero-order valence-electron chi connectivity index (χ0n) is 56.1. The van der Waals surface area contributed by atoms with Crippen molar-refractivity contribution >= 4 is 44.6 Å². The molecule has 0 fully saturated rings. The van der Waals surface area contributed by atoms with E-state index in [4.69, 9.17) is 25.1 Å². The molecule has 492 valence electrons. The van der Waals surface area contributed by atoms with Crippen LogP contribution in [0.25, 0.3) is 112 Å². The van der Waals surface area contributed by atoms with Gasteiger partial charge in [0.15, 0.2) is 5.82 Å². The number of phenolic OH excluding ortho intramolecular Hbond substituents is 2. The standard InChI is InChI=1S/C46H36N3O.C40H38N5O.2Pt/c1-46(2,3)38-22-23-43(50)39(30-38)45-44(33-18-11-6-12-19-33)42-21-13-20-41(49(42)48-45)37-27-35(32-16-9-5-10-17-32)26-36(28-37)40-29-34(24-25-47-40)31-14-7-4-8-15-31;1-39(2,3)27-20-21-36(46)35(24-27)45-34-19-13-11-17-30(34)38(43-45)44(29-15-8-7-9-16-29)37-25-28(40(4,5)6)23-33(42-37)32-22-26-14-10-12-18-31(26)41-32;;/h4-27,29-30,50H,1-3H3;7-25H,1-6H3,(H-,41,42,46);;/q2*-1;;. The molecule has 15 aromatic rings. The first-order valence-electron chi connectivity index (χ1n) is 32.6. The van der Waals surface area contributed by atoms with Gasteiger partial charge >= 0.3 is 0 Å². The molecule has 0 aliphatic heterocycles. The van der Waals surface area contributed by atoms with Crippen LogP contribution in [0.5, 0.6) is 11.5 Å². The van der Waals surface area contributed by atoms with E-state index in [1.165, 1.54) is 0 Å². The number of aromatic hydroxyl groups is 2. The second-order valence-electron chi connectivity index (χ2n) is 27.6. The molecule has 12 heteroatoms. The number of hydrogen-bond acceptors (Lipinski definition) is 7. The monoisotopic (exact) mass is 1640 g/mol. The second kappa shape index (κ2) is 27.7. The zero-order chi connectivity index (χ0) is 66.5. The van der Waals surface area contributed by atoms with Crippen LogP contribution in [-0.2, 0) is 58.4 Å². The predicted octanol–water partition coefficient (Wildman–Crippen LogP) is 21.5. The summed E-state index contributed by atoms with van der Waals surface area (Å²) in [6, 6.07) is 94.2. The fourth-order valence-corrected chi connectivity index (χ4v) is 12.4. The molecule has 0 saturated heterocycles. The molecule has 10 nitrogen and oxygen atoms in total. The molecule has 0 amide bonds. The molecule has 0 radical (unpaired) electrons. The van der Waals surface area contributed by atoms with Crippen molar-refractivity contribution in [2.45, 2.75) is 78.6 Å². The van der Waals surface area contributed by atoms with Gasteiger partial charge in [-0.15, -0.1) is 34.5 Å². The van der Waals surface area contributed by atoms with E-state index in [0.717, 1.165) is 128 Å². The third-order valence-electron chi connectivity index (χ3n) is 17.7. The van der Waals surface area contributed by atoms with E-state index in [9.17, 15) is 10.2 Å². The molecule has 0 atom stereocenters. The first-order chi connectivity index (χ1) is 46.3. The Morgan fingerprint density at radius 1 is 0.449 bits per heavy atom. The Bertz CT molecular complexity index is 5300. The fraction of sp³-hybridized carbons (Fsp3) is 0.140. The van der Waals surface area contributed by atoms with Gasteiger partial charge in [-0.05, 0) is 133 Å².